The fraction of sp³-hybridized carbons (Fsp3) is 0.545. The number of fused-ring (bicyclic) bond motifs is 1. The monoisotopic (exact) mass is 282 g/mol. The van der Waals surface area contributed by atoms with E-state index in [1.54, 1.807) is 0 Å². The largest absolute Gasteiger partial charge is 0.352 e. The summed E-state index contributed by atoms with van der Waals surface area (Å²) in [5.41, 5.74) is 7.99. The Labute approximate surface area is 115 Å². The molecule has 4 N–H and O–H groups in total. The Morgan fingerprint density at radius 2 is 2.32 bits per heavy atom. The average molecular weight is 282 g/mol. The number of aryl methyl sites for hydroxylation is 2. The van der Waals surface area contributed by atoms with Gasteiger partial charge in [0.25, 0.3) is 0 Å². The molecular weight excluding hydrogens is 264 g/mol. The molecule has 0 spiro atoms. The molecule has 0 saturated heterocycles. The smallest absolute Gasteiger partial charge is 0.312 e. The van der Waals surface area contributed by atoms with E-state index in [1.807, 2.05) is 16.3 Å². The normalized spacial score (nSPS) is 11.1. The van der Waals surface area contributed by atoms with E-state index in [1.165, 1.54) is 0 Å². The van der Waals surface area contributed by atoms with E-state index in [0.29, 0.717) is 17.9 Å². The Kier molecular flexibility index (Phi) is 3.89. The van der Waals surface area contributed by atoms with Gasteiger partial charge in [-0.25, -0.2) is 4.79 Å². The Morgan fingerprint density at radius 1 is 1.58 bits per heavy atom. The van der Waals surface area contributed by atoms with Crippen LogP contribution in [0.5, 0.6) is 0 Å². The molecule has 0 atom stereocenters. The van der Waals surface area contributed by atoms with Gasteiger partial charge in [-0.05, 0) is 18.6 Å². The predicted molar refractivity (Wildman–Crippen MR) is 75.5 cm³/mol. The summed E-state index contributed by atoms with van der Waals surface area (Å²) in [5.74, 6) is 0. The average Bonchev–Trinajstić information content (AvgIpc) is 2.79. The number of nitrogens with two attached hydrogens (primary N) is 1. The number of carbonyl (C=O) groups is 1. The summed E-state index contributed by atoms with van der Waals surface area (Å²) in [4.78, 5) is 13.9. The van der Waals surface area contributed by atoms with E-state index in [9.17, 15) is 4.79 Å². The summed E-state index contributed by atoms with van der Waals surface area (Å²) in [6.45, 7) is 3.11. The number of H-pyrrole nitrogens is 1. The third kappa shape index (κ3) is 2.62. The van der Waals surface area contributed by atoms with Crippen molar-refractivity contribution in [1.82, 2.24) is 24.6 Å². The number of nitrogens with zero attached hydrogens (tertiary/aromatic N) is 3. The van der Waals surface area contributed by atoms with E-state index in [0.717, 1.165) is 29.7 Å². The second-order valence-electron chi connectivity index (χ2n) is 4.39. The number of hydrogen-bond acceptors (Lipinski definition) is 3. The summed E-state index contributed by atoms with van der Waals surface area (Å²) in [7, 11) is 1.89. The molecule has 0 bridgehead atoms. The van der Waals surface area contributed by atoms with Crippen LogP contribution in [0.4, 0.5) is 4.79 Å². The van der Waals surface area contributed by atoms with Crippen molar-refractivity contribution in [3.63, 3.8) is 0 Å². The molecule has 2 aromatic rings. The van der Waals surface area contributed by atoms with Gasteiger partial charge < -0.3 is 16.0 Å². The van der Waals surface area contributed by atoms with Crippen LogP contribution in [-0.4, -0.2) is 31.9 Å². The number of urea groups is 1. The Bertz CT molecular complexity index is 652. The molecule has 7 nitrogen and oxygen atoms in total. The number of nitrogens with one attached hydrogen (secondary N) is 2. The minimum Gasteiger partial charge on any atom is -0.352 e. The molecule has 0 saturated carbocycles. The molecule has 0 aliphatic carbocycles. The highest BCUT2D eigenvalue weighted by Gasteiger charge is 2.14. The van der Waals surface area contributed by atoms with Crippen molar-refractivity contribution in [2.75, 3.05) is 6.54 Å². The van der Waals surface area contributed by atoms with Crippen LogP contribution in [0.2, 0.25) is 0 Å². The maximum Gasteiger partial charge on any atom is 0.312 e. The summed E-state index contributed by atoms with van der Waals surface area (Å²) >= 11 is 5.31. The van der Waals surface area contributed by atoms with Crippen LogP contribution in [0.15, 0.2) is 0 Å². The zero-order valence-electron chi connectivity index (χ0n) is 11.1. The molecule has 0 aliphatic heterocycles. The highest BCUT2D eigenvalue weighted by atomic mass is 32.1. The summed E-state index contributed by atoms with van der Waals surface area (Å²) < 4.78 is 4.37. The van der Waals surface area contributed by atoms with Crippen LogP contribution in [-0.2, 0) is 20.0 Å². The highest BCUT2D eigenvalue weighted by Crippen LogP contribution is 2.18. The lowest BCUT2D eigenvalue weighted by Crippen LogP contribution is -2.32. The molecule has 0 aliphatic rings. The molecule has 19 heavy (non-hydrogen) atoms. The standard InChI is InChI=1S/C11H18N6OS/c1-3-4-7-8-9(16(2)15-7)17(11(19)14-8)6-5-13-10(12)18/h3-6H2,1-2H3,(H,14,19)(H3,12,13,18). The second kappa shape index (κ2) is 5.43. The van der Waals surface area contributed by atoms with Gasteiger partial charge in [0.2, 0.25) is 0 Å². The van der Waals surface area contributed by atoms with Crippen LogP contribution in [0.3, 0.4) is 0 Å². The molecule has 2 aromatic heterocycles. The van der Waals surface area contributed by atoms with E-state index < -0.39 is 6.03 Å². The number of carbonyl (C=O) groups excluding carboxylic acids is 1. The number of imidazole rings is 1. The summed E-state index contributed by atoms with van der Waals surface area (Å²) in [5, 5.41) is 7.05. The first-order valence-corrected chi connectivity index (χ1v) is 6.63. The number of aromatic amines is 1. The van der Waals surface area contributed by atoms with Gasteiger partial charge in [0, 0.05) is 20.1 Å². The zero-order chi connectivity index (χ0) is 14.0. The minimum atomic E-state index is -0.532. The highest BCUT2D eigenvalue weighted by molar-refractivity contribution is 7.71. The van der Waals surface area contributed by atoms with Crippen molar-refractivity contribution in [2.24, 2.45) is 12.8 Å². The quantitative estimate of drug-likeness (QED) is 0.716. The van der Waals surface area contributed by atoms with Gasteiger partial charge in [-0.15, -0.1) is 0 Å². The van der Waals surface area contributed by atoms with Crippen molar-refractivity contribution in [3.05, 3.63) is 10.5 Å². The second-order valence-corrected chi connectivity index (χ2v) is 4.78. The van der Waals surface area contributed by atoms with E-state index in [2.05, 4.69) is 22.3 Å². The van der Waals surface area contributed by atoms with Crippen LogP contribution >= 0.6 is 12.2 Å². The van der Waals surface area contributed by atoms with Crippen LogP contribution < -0.4 is 11.1 Å². The number of rotatable bonds is 5. The zero-order valence-corrected chi connectivity index (χ0v) is 11.9. The Balaban J connectivity index is 2.35. The molecule has 104 valence electrons. The topological polar surface area (TPSA) is 93.7 Å². The van der Waals surface area contributed by atoms with Crippen molar-refractivity contribution < 1.29 is 4.79 Å². The molecule has 8 heteroatoms. The first-order valence-electron chi connectivity index (χ1n) is 6.22. The molecule has 0 aromatic carbocycles. The van der Waals surface area contributed by atoms with Crippen molar-refractivity contribution in [2.45, 2.75) is 26.3 Å². The van der Waals surface area contributed by atoms with Crippen LogP contribution in [0.1, 0.15) is 19.0 Å². The van der Waals surface area contributed by atoms with E-state index in [4.69, 9.17) is 18.0 Å². The molecule has 0 unspecified atom stereocenters. The SMILES string of the molecule is CCCc1nn(C)c2c1[nH]c(=S)n2CCNC(N)=O. The predicted octanol–water partition coefficient (Wildman–Crippen LogP) is 1.05. The lowest BCUT2D eigenvalue weighted by molar-refractivity contribution is 0.248. The first-order chi connectivity index (χ1) is 9.04. The van der Waals surface area contributed by atoms with Gasteiger partial charge in [0.1, 0.15) is 5.52 Å². The number of primary amides is 1. The third-order valence-corrected chi connectivity index (χ3v) is 3.27. The van der Waals surface area contributed by atoms with Gasteiger partial charge in [-0.2, -0.15) is 5.10 Å². The fourth-order valence-electron chi connectivity index (χ4n) is 2.19. The molecular formula is C11H18N6OS. The number of amides is 2. The maximum atomic E-state index is 10.7. The van der Waals surface area contributed by atoms with Crippen molar-refractivity contribution >= 4 is 29.4 Å². The lowest BCUT2D eigenvalue weighted by atomic mass is 10.2. The Morgan fingerprint density at radius 3 is 2.95 bits per heavy atom. The first kappa shape index (κ1) is 13.6. The lowest BCUT2D eigenvalue weighted by Gasteiger charge is -2.05. The van der Waals surface area contributed by atoms with Gasteiger partial charge in [0.15, 0.2) is 10.4 Å². The van der Waals surface area contributed by atoms with E-state index in [-0.39, 0.29) is 0 Å². The molecule has 2 rings (SSSR count). The van der Waals surface area contributed by atoms with E-state index >= 15 is 0 Å². The van der Waals surface area contributed by atoms with Crippen LogP contribution in [0, 0.1) is 4.77 Å². The van der Waals surface area contributed by atoms with Crippen molar-refractivity contribution in [1.29, 1.82) is 0 Å². The maximum absolute atomic E-state index is 10.7. The molecule has 0 fully saturated rings. The number of aromatic nitrogens is 4. The van der Waals surface area contributed by atoms with Gasteiger partial charge in [-0.1, -0.05) is 13.3 Å². The molecule has 2 heterocycles. The van der Waals surface area contributed by atoms with Crippen molar-refractivity contribution in [3.8, 4) is 0 Å². The van der Waals surface area contributed by atoms with Crippen LogP contribution in [0.25, 0.3) is 11.2 Å². The minimum absolute atomic E-state index is 0.435. The number of hydrogen-bond donors (Lipinski definition) is 3. The summed E-state index contributed by atoms with van der Waals surface area (Å²) in [6, 6.07) is -0.532. The van der Waals surface area contributed by atoms with Gasteiger partial charge in [0.05, 0.1) is 5.69 Å². The van der Waals surface area contributed by atoms with Gasteiger partial charge >= 0.3 is 6.03 Å². The van der Waals surface area contributed by atoms with Gasteiger partial charge in [-0.3, -0.25) is 9.25 Å². The summed E-state index contributed by atoms with van der Waals surface area (Å²) in [6.07, 6.45) is 1.94. The Hall–Kier alpha value is -1.83. The third-order valence-electron chi connectivity index (χ3n) is 2.94. The molecule has 0 radical (unpaired) electrons. The molecule has 2 amide bonds. The fourth-order valence-corrected chi connectivity index (χ4v) is 2.47.